The van der Waals surface area contributed by atoms with E-state index in [-0.39, 0.29) is 10.7 Å². The summed E-state index contributed by atoms with van der Waals surface area (Å²) in [5.74, 6) is 0.958. The van der Waals surface area contributed by atoms with Crippen molar-refractivity contribution < 1.29 is 19.1 Å². The highest BCUT2D eigenvalue weighted by Crippen LogP contribution is 2.27. The van der Waals surface area contributed by atoms with Gasteiger partial charge in [0.05, 0.1) is 5.69 Å². The minimum Gasteiger partial charge on any atom is -0.489 e. The third-order valence-electron chi connectivity index (χ3n) is 6.02. The molecule has 0 radical (unpaired) electrons. The lowest BCUT2D eigenvalue weighted by atomic mass is 10.1. The van der Waals surface area contributed by atoms with Gasteiger partial charge in [-0.1, -0.05) is 54.6 Å². The highest BCUT2D eigenvalue weighted by molar-refractivity contribution is 7.80. The van der Waals surface area contributed by atoms with Crippen LogP contribution in [0.5, 0.6) is 17.2 Å². The molecule has 0 unspecified atom stereocenters. The quantitative estimate of drug-likeness (QED) is 0.179. The Hall–Kier alpha value is -4.75. The molecule has 1 fully saturated rings. The fraction of sp³-hybridized carbons (Fsp3) is 0.0645. The van der Waals surface area contributed by atoms with E-state index in [1.165, 1.54) is 4.90 Å². The van der Waals surface area contributed by atoms with Gasteiger partial charge in [0.15, 0.2) is 5.11 Å². The molecule has 1 aliphatic heterocycles. The predicted molar refractivity (Wildman–Crippen MR) is 151 cm³/mol. The van der Waals surface area contributed by atoms with Crippen molar-refractivity contribution in [2.45, 2.75) is 13.5 Å². The Bertz CT molecular complexity index is 1510. The van der Waals surface area contributed by atoms with Crippen molar-refractivity contribution in [1.82, 2.24) is 5.32 Å². The van der Waals surface area contributed by atoms with Crippen molar-refractivity contribution in [3.05, 3.63) is 125 Å². The maximum Gasteiger partial charge on any atom is 0.270 e. The van der Waals surface area contributed by atoms with Crippen LogP contribution in [0.1, 0.15) is 16.7 Å². The first kappa shape index (κ1) is 24.9. The summed E-state index contributed by atoms with van der Waals surface area (Å²) in [6.07, 6.45) is 1.55. The first-order valence-electron chi connectivity index (χ1n) is 12.0. The van der Waals surface area contributed by atoms with Crippen molar-refractivity contribution in [2.75, 3.05) is 4.90 Å². The standard InChI is InChI=1S/C31H24N2O4S/c1-21-7-5-6-8-23(21)20-36-25-15-11-22(12-16-25)19-28-29(34)32-31(38)33(30(28)35)24-13-17-27(18-14-24)37-26-9-3-2-4-10-26/h2-19H,20H2,1H3,(H,32,34,38). The third-order valence-corrected chi connectivity index (χ3v) is 6.31. The van der Waals surface area contributed by atoms with Gasteiger partial charge in [-0.2, -0.15) is 0 Å². The second-order valence-electron chi connectivity index (χ2n) is 8.65. The SMILES string of the molecule is Cc1ccccc1COc1ccc(C=C2C(=O)NC(=S)N(c3ccc(Oc4ccccc4)cc3)C2=O)cc1. The lowest BCUT2D eigenvalue weighted by Gasteiger charge is -2.29. The Morgan fingerprint density at radius 2 is 1.42 bits per heavy atom. The number of thiocarbonyl (C=S) groups is 1. The number of nitrogens with zero attached hydrogens (tertiary/aromatic N) is 1. The van der Waals surface area contributed by atoms with Crippen molar-refractivity contribution >= 4 is 40.9 Å². The fourth-order valence-corrected chi connectivity index (χ4v) is 4.22. The number of carbonyl (C=O) groups excluding carboxylic acids is 2. The van der Waals surface area contributed by atoms with Gasteiger partial charge in [-0.3, -0.25) is 19.8 Å². The van der Waals surface area contributed by atoms with E-state index in [1.54, 1.807) is 42.5 Å². The number of hydrogen-bond acceptors (Lipinski definition) is 5. The molecule has 0 spiro atoms. The topological polar surface area (TPSA) is 67.9 Å². The van der Waals surface area contributed by atoms with Gasteiger partial charge in [0, 0.05) is 0 Å². The van der Waals surface area contributed by atoms with Crippen LogP contribution in [0.2, 0.25) is 0 Å². The summed E-state index contributed by atoms with van der Waals surface area (Å²) < 4.78 is 11.7. The number of para-hydroxylation sites is 1. The van der Waals surface area contributed by atoms with Gasteiger partial charge in [0.1, 0.15) is 29.4 Å². The van der Waals surface area contributed by atoms with Crippen LogP contribution in [-0.4, -0.2) is 16.9 Å². The number of benzene rings is 4. The van der Waals surface area contributed by atoms with Crippen LogP contribution in [0, 0.1) is 6.92 Å². The fourth-order valence-electron chi connectivity index (χ4n) is 3.94. The predicted octanol–water partition coefficient (Wildman–Crippen LogP) is 6.20. The summed E-state index contributed by atoms with van der Waals surface area (Å²) in [6.45, 7) is 2.50. The molecule has 0 atom stereocenters. The summed E-state index contributed by atoms with van der Waals surface area (Å²) in [6, 6.07) is 31.6. The average molecular weight is 521 g/mol. The summed E-state index contributed by atoms with van der Waals surface area (Å²) in [7, 11) is 0. The van der Waals surface area contributed by atoms with Gasteiger partial charge in [-0.05, 0) is 90.4 Å². The average Bonchev–Trinajstić information content (AvgIpc) is 2.93. The first-order chi connectivity index (χ1) is 18.5. The number of carbonyl (C=O) groups is 2. The van der Waals surface area contributed by atoms with E-state index < -0.39 is 11.8 Å². The van der Waals surface area contributed by atoms with Gasteiger partial charge in [-0.15, -0.1) is 0 Å². The molecule has 0 aromatic heterocycles. The molecule has 1 N–H and O–H groups in total. The van der Waals surface area contributed by atoms with Gasteiger partial charge >= 0.3 is 0 Å². The maximum atomic E-state index is 13.3. The zero-order valence-electron chi connectivity index (χ0n) is 20.6. The number of amides is 2. The van der Waals surface area contributed by atoms with Crippen LogP contribution < -0.4 is 19.7 Å². The van der Waals surface area contributed by atoms with Crippen LogP contribution in [0.3, 0.4) is 0 Å². The molecule has 2 amide bonds. The molecule has 7 heteroatoms. The molecule has 1 saturated heterocycles. The Balaban J connectivity index is 1.30. The second kappa shape index (κ2) is 11.1. The van der Waals surface area contributed by atoms with Crippen molar-refractivity contribution in [2.24, 2.45) is 0 Å². The van der Waals surface area contributed by atoms with Crippen molar-refractivity contribution in [1.29, 1.82) is 0 Å². The van der Waals surface area contributed by atoms with E-state index in [9.17, 15) is 9.59 Å². The summed E-state index contributed by atoms with van der Waals surface area (Å²) in [5.41, 5.74) is 3.46. The highest BCUT2D eigenvalue weighted by Gasteiger charge is 2.34. The molecule has 6 nitrogen and oxygen atoms in total. The molecular formula is C31H24N2O4S. The summed E-state index contributed by atoms with van der Waals surface area (Å²) in [4.78, 5) is 27.3. The van der Waals surface area contributed by atoms with Gasteiger partial charge in [0.2, 0.25) is 0 Å². The summed E-state index contributed by atoms with van der Waals surface area (Å²) >= 11 is 5.31. The molecule has 0 bridgehead atoms. The Morgan fingerprint density at radius 3 is 2.13 bits per heavy atom. The van der Waals surface area contributed by atoms with Crippen LogP contribution in [0.15, 0.2) is 109 Å². The van der Waals surface area contributed by atoms with E-state index in [0.717, 1.165) is 11.1 Å². The second-order valence-corrected chi connectivity index (χ2v) is 9.04. The maximum absolute atomic E-state index is 13.3. The first-order valence-corrected chi connectivity index (χ1v) is 12.4. The molecule has 4 aromatic carbocycles. The number of rotatable bonds is 7. The molecular weight excluding hydrogens is 496 g/mol. The Morgan fingerprint density at radius 1 is 0.789 bits per heavy atom. The van der Waals surface area contributed by atoms with Crippen LogP contribution in [0.4, 0.5) is 5.69 Å². The number of ether oxygens (including phenoxy) is 2. The number of nitrogens with one attached hydrogen (secondary N) is 1. The van der Waals surface area contributed by atoms with E-state index >= 15 is 0 Å². The number of aryl methyl sites for hydroxylation is 1. The monoisotopic (exact) mass is 520 g/mol. The molecule has 4 aromatic rings. The molecule has 38 heavy (non-hydrogen) atoms. The lowest BCUT2D eigenvalue weighted by molar-refractivity contribution is -0.122. The number of hydrogen-bond donors (Lipinski definition) is 1. The molecule has 0 aliphatic carbocycles. The molecule has 188 valence electrons. The molecule has 1 heterocycles. The van der Waals surface area contributed by atoms with E-state index in [2.05, 4.69) is 5.32 Å². The molecule has 5 rings (SSSR count). The molecule has 0 saturated carbocycles. The van der Waals surface area contributed by atoms with Crippen LogP contribution in [0.25, 0.3) is 6.08 Å². The van der Waals surface area contributed by atoms with Crippen LogP contribution in [-0.2, 0) is 16.2 Å². The minimum absolute atomic E-state index is 0.0169. The lowest BCUT2D eigenvalue weighted by Crippen LogP contribution is -2.54. The van der Waals surface area contributed by atoms with Gasteiger partial charge in [0.25, 0.3) is 11.8 Å². The third kappa shape index (κ3) is 5.63. The Kier molecular flexibility index (Phi) is 7.28. The normalized spacial score (nSPS) is 14.4. The summed E-state index contributed by atoms with van der Waals surface area (Å²) in [5, 5.41) is 2.63. The van der Waals surface area contributed by atoms with Crippen molar-refractivity contribution in [3.8, 4) is 17.2 Å². The van der Waals surface area contributed by atoms with E-state index in [1.807, 2.05) is 73.7 Å². The zero-order valence-corrected chi connectivity index (χ0v) is 21.4. The number of anilines is 1. The molecule has 1 aliphatic rings. The van der Waals surface area contributed by atoms with Crippen molar-refractivity contribution in [3.63, 3.8) is 0 Å². The van der Waals surface area contributed by atoms with Gasteiger partial charge in [-0.25, -0.2) is 0 Å². The largest absolute Gasteiger partial charge is 0.489 e. The smallest absolute Gasteiger partial charge is 0.270 e. The van der Waals surface area contributed by atoms with Crippen LogP contribution >= 0.6 is 12.2 Å². The van der Waals surface area contributed by atoms with E-state index in [4.69, 9.17) is 21.7 Å². The Labute approximate surface area is 226 Å². The zero-order chi connectivity index (χ0) is 26.5. The highest BCUT2D eigenvalue weighted by atomic mass is 32.1. The van der Waals surface area contributed by atoms with Gasteiger partial charge < -0.3 is 9.47 Å². The minimum atomic E-state index is -0.542. The van der Waals surface area contributed by atoms with E-state index in [0.29, 0.717) is 35.1 Å².